The van der Waals surface area contributed by atoms with Crippen LogP contribution in [-0.2, 0) is 52.3 Å². The van der Waals surface area contributed by atoms with E-state index in [0.717, 1.165) is 18.9 Å². The Balaban J connectivity index is 1.11. The average Bonchev–Trinajstić information content (AvgIpc) is 3.59. The molecule has 1 aromatic carbocycles. The van der Waals surface area contributed by atoms with E-state index in [1.807, 2.05) is 28.8 Å². The largest absolute Gasteiger partial charge is 0.492 e. The highest BCUT2D eigenvalue weighted by Gasteiger charge is 2.52. The van der Waals surface area contributed by atoms with Crippen LogP contribution in [0.2, 0.25) is 0 Å². The fourth-order valence-electron chi connectivity index (χ4n) is 10.3. The number of methoxy groups -OCH3 is 5. The first kappa shape index (κ1) is 67.6. The Kier molecular flexibility index (Phi) is 25.1. The number of hydrogen-bond acceptors (Lipinski definition) is 27. The van der Waals surface area contributed by atoms with Crippen molar-refractivity contribution in [3.05, 3.63) is 49.8 Å². The molecule has 83 heavy (non-hydrogen) atoms. The van der Waals surface area contributed by atoms with Crippen LogP contribution >= 0.6 is 65.8 Å². The van der Waals surface area contributed by atoms with Crippen LogP contribution < -0.4 is 30.3 Å². The van der Waals surface area contributed by atoms with Gasteiger partial charge in [0.25, 0.3) is 0 Å². The van der Waals surface area contributed by atoms with Gasteiger partial charge in [0.05, 0.1) is 97.0 Å². The molecule has 0 spiro atoms. The Morgan fingerprint density at radius 1 is 0.880 bits per heavy atom. The Morgan fingerprint density at radius 3 is 2.27 bits per heavy atom. The Morgan fingerprint density at radius 2 is 1.60 bits per heavy atom. The van der Waals surface area contributed by atoms with Gasteiger partial charge in [-0.25, -0.2) is 4.79 Å². The zero-order valence-electron chi connectivity index (χ0n) is 47.4. The Hall–Kier alpha value is -2.94. The smallest absolute Gasteiger partial charge is 0.411 e. The molecule has 6 aliphatic rings. The summed E-state index contributed by atoms with van der Waals surface area (Å²) in [6, 6.07) is -1.28. The summed E-state index contributed by atoms with van der Waals surface area (Å²) in [6.45, 7) is 6.79. The van der Waals surface area contributed by atoms with Crippen molar-refractivity contribution in [3.8, 4) is 40.9 Å². The number of likely N-dealkylation sites (N-methyl/N-ethyl adjacent to an activating group) is 1. The maximum Gasteiger partial charge on any atom is 0.411 e. The van der Waals surface area contributed by atoms with E-state index in [2.05, 4.69) is 39.8 Å². The molecule has 4 fully saturated rings. The molecule has 7 rings (SSSR count). The fourth-order valence-corrected chi connectivity index (χ4v) is 14.5. The van der Waals surface area contributed by atoms with Crippen molar-refractivity contribution < 1.29 is 102 Å². The summed E-state index contributed by atoms with van der Waals surface area (Å²) in [7, 11) is 13.0. The number of nitrogens with one attached hydrogen (secondary N) is 3. The van der Waals surface area contributed by atoms with E-state index in [1.54, 1.807) is 47.9 Å². The highest BCUT2D eigenvalue weighted by atomic mass is 127. The molecular weight excluding hydrogens is 1280 g/mol. The van der Waals surface area contributed by atoms with Gasteiger partial charge in [0.2, 0.25) is 17.2 Å². The molecule has 0 aromatic heterocycles. The number of aliphatic hydroxyl groups is 5. The third kappa shape index (κ3) is 15.5. The monoisotopic (exact) mass is 1350 g/mol. The van der Waals surface area contributed by atoms with E-state index < -0.39 is 127 Å². The molecule has 1 amide bonds. The zero-order valence-corrected chi connectivity index (χ0v) is 52.9. The predicted octanol–water partition coefficient (Wildman–Crippen LogP) is 2.81. The van der Waals surface area contributed by atoms with E-state index in [4.69, 9.17) is 61.7 Å². The number of hydroxylamine groups is 1. The van der Waals surface area contributed by atoms with Crippen LogP contribution in [0.3, 0.4) is 0 Å². The lowest BCUT2D eigenvalue weighted by Crippen LogP contribution is -2.65. The van der Waals surface area contributed by atoms with Gasteiger partial charge in [-0.1, -0.05) is 63.1 Å². The summed E-state index contributed by atoms with van der Waals surface area (Å²) in [5, 5.41) is 62.4. The molecule has 29 heteroatoms. The number of thioether (sulfide) groups is 1. The summed E-state index contributed by atoms with van der Waals surface area (Å²) < 4.78 is 72.3. The summed E-state index contributed by atoms with van der Waals surface area (Å²) in [5.74, 6) is 11.3. The minimum atomic E-state index is -2.05. The van der Waals surface area contributed by atoms with Gasteiger partial charge in [0, 0.05) is 44.0 Å². The number of halogens is 1. The van der Waals surface area contributed by atoms with E-state index in [-0.39, 0.29) is 71.2 Å². The number of allylic oxidation sites excluding steroid dienone is 3. The van der Waals surface area contributed by atoms with Crippen molar-refractivity contribution in [3.63, 3.8) is 0 Å². The van der Waals surface area contributed by atoms with Crippen LogP contribution in [0.1, 0.15) is 56.0 Å². The normalized spacial score (nSPS) is 36.2. The van der Waals surface area contributed by atoms with Gasteiger partial charge >= 0.3 is 6.09 Å². The quantitative estimate of drug-likeness (QED) is 0.0289. The molecule has 2 bridgehead atoms. The molecule has 19 atom stereocenters. The number of hydrogen-bond donors (Lipinski definition) is 8. The second-order valence-corrected chi connectivity index (χ2v) is 26.4. The van der Waals surface area contributed by atoms with Crippen LogP contribution in [0.4, 0.5) is 4.79 Å². The van der Waals surface area contributed by atoms with Crippen LogP contribution in [-0.4, -0.2) is 219 Å². The van der Waals surface area contributed by atoms with E-state index in [1.165, 1.54) is 64.9 Å². The van der Waals surface area contributed by atoms with Gasteiger partial charge in [0.15, 0.2) is 41.8 Å². The molecule has 2 aliphatic carbocycles. The SMILES string of the molecule is CNC1COC(OC2C(OC3C#C/C=C\C#C[C@]4(O)CC(=O)C(NC(=O)OC)=C3/C4=C/CSSSC)OC(C)C(NOC3CC(O)C(SC(=O)c4c(C)c(I)c(OC5OC(C)C(O)C(OC)C5O)c(OC)c4OC)C(C)O3)C2O)CC1OC. The summed E-state index contributed by atoms with van der Waals surface area (Å²) in [6.07, 6.45) is -11.9. The lowest BCUT2D eigenvalue weighted by Gasteiger charge is -2.46. The average molecular weight is 1350 g/mol. The number of ketones is 1. The number of amides is 1. The minimum Gasteiger partial charge on any atom is -0.492 e. The number of aliphatic hydroxyl groups excluding tert-OH is 4. The van der Waals surface area contributed by atoms with E-state index in [9.17, 15) is 39.9 Å². The number of carbonyl (C=O) groups is 3. The van der Waals surface area contributed by atoms with Gasteiger partial charge in [-0.05, 0) is 91.1 Å². The molecule has 4 heterocycles. The second kappa shape index (κ2) is 30.8. The molecule has 1 aromatic rings. The molecule has 460 valence electrons. The van der Waals surface area contributed by atoms with E-state index in [0.29, 0.717) is 14.9 Å². The van der Waals surface area contributed by atoms with Gasteiger partial charge in [0.1, 0.15) is 36.6 Å². The Bertz CT molecular complexity index is 2690. The molecule has 0 radical (unpaired) electrons. The van der Waals surface area contributed by atoms with Gasteiger partial charge in [-0.3, -0.25) is 19.7 Å². The van der Waals surface area contributed by atoms with Crippen LogP contribution in [0.5, 0.6) is 17.2 Å². The van der Waals surface area contributed by atoms with Crippen LogP contribution in [0.25, 0.3) is 0 Å². The lowest BCUT2D eigenvalue weighted by molar-refractivity contribution is -0.336. The fraction of sp³-hybridized carbons (Fsp3) is 0.648. The molecule has 4 aliphatic heterocycles. The molecule has 4 saturated heterocycles. The van der Waals surface area contributed by atoms with Gasteiger partial charge < -0.3 is 87.7 Å². The maximum absolute atomic E-state index is 14.4. The second-order valence-electron chi connectivity index (χ2n) is 19.8. The number of ether oxygens (including phenoxy) is 12. The van der Waals surface area contributed by atoms with Gasteiger partial charge in [-0.15, -0.1) is 0 Å². The first-order valence-electron chi connectivity index (χ1n) is 26.3. The molecular formula is C54H72IN3O21S4. The highest BCUT2D eigenvalue weighted by molar-refractivity contribution is 14.1. The van der Waals surface area contributed by atoms with Crippen LogP contribution in [0, 0.1) is 34.2 Å². The zero-order chi connectivity index (χ0) is 60.4. The number of rotatable bonds is 21. The van der Waals surface area contributed by atoms with Gasteiger partial charge in [-0.2, -0.15) is 5.48 Å². The van der Waals surface area contributed by atoms with E-state index >= 15 is 0 Å². The molecule has 24 nitrogen and oxygen atoms in total. The van der Waals surface area contributed by atoms with Crippen molar-refractivity contribution in [2.24, 2.45) is 0 Å². The van der Waals surface area contributed by atoms with Crippen LogP contribution in [0.15, 0.2) is 35.1 Å². The lowest BCUT2D eigenvalue weighted by atomic mass is 9.75. The first-order valence-corrected chi connectivity index (χ1v) is 32.3. The number of carbonyl (C=O) groups excluding carboxylic acids is 3. The maximum atomic E-state index is 14.4. The number of benzene rings is 1. The molecule has 0 saturated carbocycles. The topological polar surface area (TPSA) is 308 Å². The molecule has 18 unspecified atom stereocenters. The van der Waals surface area contributed by atoms with Crippen molar-refractivity contribution in [1.82, 2.24) is 16.1 Å². The first-order chi connectivity index (χ1) is 39.7. The third-order valence-electron chi connectivity index (χ3n) is 14.7. The number of Topliss-reactive ketones (excluding diaryl/α,β-unsaturated/α-hetero) is 1. The predicted molar refractivity (Wildman–Crippen MR) is 315 cm³/mol. The van der Waals surface area contributed by atoms with Crippen molar-refractivity contribution in [2.75, 3.05) is 61.2 Å². The summed E-state index contributed by atoms with van der Waals surface area (Å²) >= 11 is 2.82. The number of fused-ring (bicyclic) bond motifs is 2. The third-order valence-corrected chi connectivity index (χ3v) is 21.1. The summed E-state index contributed by atoms with van der Waals surface area (Å²) in [5.41, 5.74) is 1.28. The minimum absolute atomic E-state index is 0.0170. The Labute approximate surface area is 511 Å². The van der Waals surface area contributed by atoms with Crippen molar-refractivity contribution >= 4 is 82.8 Å². The highest BCUT2D eigenvalue weighted by Crippen LogP contribution is 2.49. The number of alkyl carbamates (subject to hydrolysis) is 1. The summed E-state index contributed by atoms with van der Waals surface area (Å²) in [4.78, 5) is 47.5. The van der Waals surface area contributed by atoms with Crippen molar-refractivity contribution in [1.29, 1.82) is 0 Å². The standard InChI is InChI=1S/C54H72IN3O21S4/c1-24-36(44(68-7)48(70-9)45(38(24)55)78-51-43(63)46(69-8)41(61)26(3)75-51)50(64)82-49-27(4)73-35(20-30(49)59)79-58-39-25(2)74-52(47(42(39)62)77-34-21-33(67-6)29(56-5)23-72-34)76-32-16-14-12-13-15-18-54(66)22-31(60)40(57-53(65)71-10)37(32)28(54)17-19-81-83-80-11/h12-13,17,25-27,29-30,32-35,39,41-43,46-47,49,51-52,56,58-59,61-63,66H,19-23H2,1-11H3,(H,57,65)/b13-12-,28-17-/t25?,26?,27?,29?,30?,32?,33?,34?,35?,39?,41?,42?,43?,46?,47?,49?,51?,52?,54-/m0/s1. The van der Waals surface area contributed by atoms with Crippen molar-refractivity contribution in [2.45, 2.75) is 162 Å². The molecule has 8 N–H and O–H groups in total.